The molecule has 0 spiro atoms. The van der Waals surface area contributed by atoms with Crippen LogP contribution in [0.1, 0.15) is 51.0 Å². The van der Waals surface area contributed by atoms with Crippen molar-refractivity contribution in [1.82, 2.24) is 0 Å². The van der Waals surface area contributed by atoms with E-state index < -0.39 is 0 Å². The van der Waals surface area contributed by atoms with Crippen molar-refractivity contribution in [2.75, 3.05) is 0 Å². The molecule has 0 bridgehead atoms. The van der Waals surface area contributed by atoms with Gasteiger partial charge in [-0.3, -0.25) is 0 Å². The first kappa shape index (κ1) is 16.6. The van der Waals surface area contributed by atoms with Gasteiger partial charge in [0.2, 0.25) is 0 Å². The molecular weight excluding hydrogens is 224 g/mol. The maximum Gasteiger partial charge on any atom is 0.118 e. The molecule has 0 aliphatic heterocycles. The van der Waals surface area contributed by atoms with Crippen molar-refractivity contribution in [3.05, 3.63) is 42.7 Å². The Labute approximate surface area is 111 Å². The van der Waals surface area contributed by atoms with Gasteiger partial charge < -0.3 is 10.2 Å². The Morgan fingerprint density at radius 1 is 1.06 bits per heavy atom. The Bertz CT molecular complexity index is 308. The highest BCUT2D eigenvalue weighted by Crippen LogP contribution is 2.18. The number of benzene rings is 1. The molecule has 0 fully saturated rings. The van der Waals surface area contributed by atoms with E-state index in [2.05, 4.69) is 13.5 Å². The number of rotatable bonds is 7. The largest absolute Gasteiger partial charge is 0.516 e. The Balaban J connectivity index is 0.000000873. The zero-order chi connectivity index (χ0) is 13.6. The van der Waals surface area contributed by atoms with Crippen LogP contribution >= 0.6 is 0 Å². The van der Waals surface area contributed by atoms with Crippen LogP contribution in [0, 0.1) is 0 Å². The first-order valence-corrected chi connectivity index (χ1v) is 6.78. The number of aryl methyl sites for hydroxylation is 1. The molecule has 0 aromatic heterocycles. The van der Waals surface area contributed by atoms with E-state index in [9.17, 15) is 5.11 Å². The molecule has 2 heteroatoms. The fourth-order valence-electron chi connectivity index (χ4n) is 1.82. The first-order valence-electron chi connectivity index (χ1n) is 6.78. The molecule has 2 N–H and O–H groups in total. The third-order valence-electron chi connectivity index (χ3n) is 2.79. The monoisotopic (exact) mass is 250 g/mol. The third-order valence-corrected chi connectivity index (χ3v) is 2.79. The predicted octanol–water partition coefficient (Wildman–Crippen LogP) is 4.98. The van der Waals surface area contributed by atoms with Gasteiger partial charge in [0.15, 0.2) is 0 Å². The standard InChI is InChI=1S/C14H22O.C2H4O/c1-2-3-4-5-6-7-10-13-11-8-9-12-14(13)15;1-2-3/h8-9,11-12,15H,2-7,10H2,1H3;2-3H,1H2. The Morgan fingerprint density at radius 3 is 2.22 bits per heavy atom. The number of para-hydroxylation sites is 1. The number of aliphatic hydroxyl groups excluding tert-OH is 1. The van der Waals surface area contributed by atoms with Gasteiger partial charge in [0.05, 0.1) is 6.26 Å². The lowest BCUT2D eigenvalue weighted by Crippen LogP contribution is -1.86. The van der Waals surface area contributed by atoms with Crippen molar-refractivity contribution in [2.24, 2.45) is 0 Å². The second kappa shape index (κ2) is 12.0. The number of phenols is 1. The van der Waals surface area contributed by atoms with Crippen molar-refractivity contribution < 1.29 is 10.2 Å². The van der Waals surface area contributed by atoms with E-state index in [-0.39, 0.29) is 0 Å². The molecular formula is C16H26O2. The van der Waals surface area contributed by atoms with Gasteiger partial charge in [-0.05, 0) is 24.5 Å². The first-order chi connectivity index (χ1) is 8.76. The highest BCUT2D eigenvalue weighted by molar-refractivity contribution is 5.31. The summed E-state index contributed by atoms with van der Waals surface area (Å²) < 4.78 is 0. The molecule has 102 valence electrons. The molecule has 18 heavy (non-hydrogen) atoms. The molecule has 0 radical (unpaired) electrons. The minimum Gasteiger partial charge on any atom is -0.516 e. The minimum atomic E-state index is 0.450. The second-order valence-electron chi connectivity index (χ2n) is 4.33. The fourth-order valence-corrected chi connectivity index (χ4v) is 1.82. The molecule has 0 amide bonds. The summed E-state index contributed by atoms with van der Waals surface area (Å²) in [4.78, 5) is 0. The molecule has 1 aromatic rings. The van der Waals surface area contributed by atoms with Crippen LogP contribution in [0.2, 0.25) is 0 Å². The lowest BCUT2D eigenvalue weighted by atomic mass is 10.0. The quantitative estimate of drug-likeness (QED) is 0.529. The Hall–Kier alpha value is -1.44. The molecule has 0 unspecified atom stereocenters. The molecule has 2 nitrogen and oxygen atoms in total. The van der Waals surface area contributed by atoms with Gasteiger partial charge in [-0.2, -0.15) is 0 Å². The number of aromatic hydroxyl groups is 1. The second-order valence-corrected chi connectivity index (χ2v) is 4.33. The van der Waals surface area contributed by atoms with E-state index in [1.807, 2.05) is 18.2 Å². The highest BCUT2D eigenvalue weighted by Gasteiger charge is 1.98. The lowest BCUT2D eigenvalue weighted by molar-refractivity contribution is 0.466. The van der Waals surface area contributed by atoms with Gasteiger partial charge in [0, 0.05) is 0 Å². The molecule has 1 aromatic carbocycles. The number of unbranched alkanes of at least 4 members (excludes halogenated alkanes) is 5. The summed E-state index contributed by atoms with van der Waals surface area (Å²) in [5.41, 5.74) is 1.09. The molecule has 0 saturated heterocycles. The van der Waals surface area contributed by atoms with Crippen LogP contribution in [0.5, 0.6) is 5.75 Å². The Kier molecular flexibility index (Phi) is 11.1. The van der Waals surface area contributed by atoms with Crippen LogP contribution in [-0.4, -0.2) is 10.2 Å². The van der Waals surface area contributed by atoms with Gasteiger partial charge in [-0.1, -0.05) is 63.8 Å². The van der Waals surface area contributed by atoms with Crippen LogP contribution in [0.4, 0.5) is 0 Å². The summed E-state index contributed by atoms with van der Waals surface area (Å²) in [6, 6.07) is 7.65. The summed E-state index contributed by atoms with van der Waals surface area (Å²) in [6.45, 7) is 5.15. The van der Waals surface area contributed by atoms with Gasteiger partial charge >= 0.3 is 0 Å². The summed E-state index contributed by atoms with van der Waals surface area (Å²) in [5.74, 6) is 0.450. The highest BCUT2D eigenvalue weighted by atomic mass is 16.3. The van der Waals surface area contributed by atoms with Gasteiger partial charge in [-0.15, -0.1) is 0 Å². The van der Waals surface area contributed by atoms with Crippen molar-refractivity contribution >= 4 is 0 Å². The maximum absolute atomic E-state index is 9.55. The lowest BCUT2D eigenvalue weighted by Gasteiger charge is -2.03. The summed E-state index contributed by atoms with van der Waals surface area (Å²) >= 11 is 0. The van der Waals surface area contributed by atoms with Gasteiger partial charge in [-0.25, -0.2) is 0 Å². The van der Waals surface area contributed by atoms with Crippen molar-refractivity contribution in [2.45, 2.75) is 51.9 Å². The maximum atomic E-state index is 9.55. The zero-order valence-electron chi connectivity index (χ0n) is 11.4. The molecule has 0 atom stereocenters. The van der Waals surface area contributed by atoms with Crippen molar-refractivity contribution in [1.29, 1.82) is 0 Å². The molecule has 0 aliphatic carbocycles. The van der Waals surface area contributed by atoms with E-state index in [1.54, 1.807) is 6.07 Å². The smallest absolute Gasteiger partial charge is 0.118 e. The summed E-state index contributed by atoms with van der Waals surface area (Å²) in [6.07, 6.45) is 9.60. The van der Waals surface area contributed by atoms with E-state index in [4.69, 9.17) is 5.11 Å². The Morgan fingerprint density at radius 2 is 1.61 bits per heavy atom. The van der Waals surface area contributed by atoms with E-state index >= 15 is 0 Å². The number of hydrogen-bond donors (Lipinski definition) is 2. The van der Waals surface area contributed by atoms with Crippen LogP contribution in [0.25, 0.3) is 0 Å². The number of hydrogen-bond acceptors (Lipinski definition) is 2. The zero-order valence-corrected chi connectivity index (χ0v) is 11.4. The van der Waals surface area contributed by atoms with Crippen LogP contribution in [-0.2, 0) is 6.42 Å². The van der Waals surface area contributed by atoms with E-state index in [0.29, 0.717) is 5.75 Å². The average Bonchev–Trinajstić information content (AvgIpc) is 2.37. The van der Waals surface area contributed by atoms with Crippen molar-refractivity contribution in [3.8, 4) is 5.75 Å². The normalized spacial score (nSPS) is 9.39. The summed E-state index contributed by atoms with van der Waals surface area (Å²) in [5, 5.41) is 16.9. The van der Waals surface area contributed by atoms with Gasteiger partial charge in [0.1, 0.15) is 5.75 Å². The molecule has 1 rings (SSSR count). The third kappa shape index (κ3) is 8.68. The van der Waals surface area contributed by atoms with E-state index in [1.165, 1.54) is 38.5 Å². The van der Waals surface area contributed by atoms with Crippen LogP contribution < -0.4 is 0 Å². The van der Waals surface area contributed by atoms with Crippen molar-refractivity contribution in [3.63, 3.8) is 0 Å². The average molecular weight is 250 g/mol. The number of aliphatic hydroxyl groups is 1. The SMILES string of the molecule is C=CO.CCCCCCCCc1ccccc1O. The minimum absolute atomic E-state index is 0.450. The fraction of sp³-hybridized carbons (Fsp3) is 0.500. The molecule has 0 heterocycles. The molecule has 0 aliphatic rings. The van der Waals surface area contributed by atoms with Crippen LogP contribution in [0.15, 0.2) is 37.1 Å². The van der Waals surface area contributed by atoms with Crippen LogP contribution in [0.3, 0.4) is 0 Å². The number of phenolic OH excluding ortho intramolecular Hbond substituents is 1. The van der Waals surface area contributed by atoms with E-state index in [0.717, 1.165) is 18.2 Å². The molecule has 0 saturated carbocycles. The van der Waals surface area contributed by atoms with Gasteiger partial charge in [0.25, 0.3) is 0 Å². The predicted molar refractivity (Wildman–Crippen MR) is 78.0 cm³/mol. The summed E-state index contributed by atoms with van der Waals surface area (Å²) in [7, 11) is 0. The topological polar surface area (TPSA) is 40.5 Å².